The summed E-state index contributed by atoms with van der Waals surface area (Å²) in [5, 5.41) is 8.31. The highest BCUT2D eigenvalue weighted by atomic mass is 19.1. The van der Waals surface area contributed by atoms with E-state index in [2.05, 4.69) is 34.2 Å². The van der Waals surface area contributed by atoms with E-state index in [9.17, 15) is 4.39 Å². The fourth-order valence-electron chi connectivity index (χ4n) is 3.15. The third kappa shape index (κ3) is 2.50. The van der Waals surface area contributed by atoms with Gasteiger partial charge in [0, 0.05) is 11.9 Å². The van der Waals surface area contributed by atoms with Gasteiger partial charge in [0.2, 0.25) is 0 Å². The van der Waals surface area contributed by atoms with Crippen LogP contribution in [0.3, 0.4) is 0 Å². The van der Waals surface area contributed by atoms with E-state index in [1.807, 2.05) is 6.20 Å². The van der Waals surface area contributed by atoms with Gasteiger partial charge in [0.05, 0.1) is 11.7 Å². The number of hydrogen-bond donors (Lipinski definition) is 1. The maximum atomic E-state index is 12.3. The van der Waals surface area contributed by atoms with E-state index in [1.54, 1.807) is 0 Å². The van der Waals surface area contributed by atoms with Gasteiger partial charge in [0.1, 0.15) is 6.67 Å². The van der Waals surface area contributed by atoms with Gasteiger partial charge in [0.15, 0.2) is 0 Å². The van der Waals surface area contributed by atoms with E-state index in [0.717, 1.165) is 31.4 Å². The first-order valence-corrected chi connectivity index (χ1v) is 7.00. The second kappa shape index (κ2) is 5.29. The third-order valence-corrected chi connectivity index (χ3v) is 4.25. The Hall–Kier alpha value is -1.42. The molecule has 0 unspecified atom stereocenters. The van der Waals surface area contributed by atoms with Crippen LogP contribution in [0.5, 0.6) is 0 Å². The van der Waals surface area contributed by atoms with Crippen molar-refractivity contribution in [1.82, 2.24) is 15.1 Å². The van der Waals surface area contributed by atoms with E-state index in [1.165, 1.54) is 16.5 Å². The van der Waals surface area contributed by atoms with Crippen LogP contribution in [0.25, 0.3) is 10.9 Å². The van der Waals surface area contributed by atoms with Crippen LogP contribution >= 0.6 is 0 Å². The third-order valence-electron chi connectivity index (χ3n) is 4.25. The molecule has 1 N–H and O–H groups in total. The first kappa shape index (κ1) is 12.6. The molecule has 4 heteroatoms. The number of nitrogens with zero attached hydrogens (tertiary/aromatic N) is 2. The molecule has 102 valence electrons. The number of aryl methyl sites for hydroxylation is 1. The first-order valence-electron chi connectivity index (χ1n) is 7.00. The van der Waals surface area contributed by atoms with Gasteiger partial charge in [-0.25, -0.2) is 4.39 Å². The SMILES string of the molecule is Cc1cc2cn[nH]c2cc1C1CCN(CCF)CC1. The van der Waals surface area contributed by atoms with Crippen molar-refractivity contribution in [3.63, 3.8) is 0 Å². The van der Waals surface area contributed by atoms with Crippen LogP contribution in [0.15, 0.2) is 18.3 Å². The predicted molar refractivity (Wildman–Crippen MR) is 75.2 cm³/mol. The summed E-state index contributed by atoms with van der Waals surface area (Å²) in [5.41, 5.74) is 3.89. The number of alkyl halides is 1. The van der Waals surface area contributed by atoms with Crippen LogP contribution in [0.2, 0.25) is 0 Å². The van der Waals surface area contributed by atoms with E-state index in [4.69, 9.17) is 0 Å². The molecule has 0 atom stereocenters. The number of likely N-dealkylation sites (tertiary alicyclic amines) is 1. The Kier molecular flexibility index (Phi) is 3.51. The van der Waals surface area contributed by atoms with Crippen LogP contribution < -0.4 is 0 Å². The summed E-state index contributed by atoms with van der Waals surface area (Å²) in [7, 11) is 0. The highest BCUT2D eigenvalue weighted by molar-refractivity contribution is 5.79. The van der Waals surface area contributed by atoms with Gasteiger partial charge in [-0.05, 0) is 62.0 Å². The van der Waals surface area contributed by atoms with Gasteiger partial charge >= 0.3 is 0 Å². The quantitative estimate of drug-likeness (QED) is 0.921. The minimum Gasteiger partial charge on any atom is -0.301 e. The zero-order valence-electron chi connectivity index (χ0n) is 11.3. The Bertz CT molecular complexity index is 556. The maximum absolute atomic E-state index is 12.3. The molecule has 1 aliphatic heterocycles. The number of hydrogen-bond acceptors (Lipinski definition) is 2. The standard InChI is InChI=1S/C15H20FN3/c1-11-8-13-10-17-18-15(13)9-14(11)12-2-5-19(6-3-12)7-4-16/h8-10,12H,2-7H2,1H3,(H,17,18). The predicted octanol–water partition coefficient (Wildman–Crippen LogP) is 3.02. The van der Waals surface area contributed by atoms with Crippen LogP contribution in [-0.4, -0.2) is 41.4 Å². The number of halogens is 1. The van der Waals surface area contributed by atoms with Crippen molar-refractivity contribution < 1.29 is 4.39 Å². The highest BCUT2D eigenvalue weighted by Crippen LogP contribution is 2.32. The Morgan fingerprint density at radius 2 is 2.16 bits per heavy atom. The first-order chi connectivity index (χ1) is 9.28. The van der Waals surface area contributed by atoms with Gasteiger partial charge in [-0.1, -0.05) is 0 Å². The van der Waals surface area contributed by atoms with Crippen LogP contribution in [0.4, 0.5) is 4.39 Å². The van der Waals surface area contributed by atoms with Crippen molar-refractivity contribution in [3.05, 3.63) is 29.5 Å². The summed E-state index contributed by atoms with van der Waals surface area (Å²) in [4.78, 5) is 2.22. The summed E-state index contributed by atoms with van der Waals surface area (Å²) >= 11 is 0. The van der Waals surface area contributed by atoms with Gasteiger partial charge in [0.25, 0.3) is 0 Å². The second-order valence-corrected chi connectivity index (χ2v) is 5.47. The molecule has 1 fully saturated rings. The smallest absolute Gasteiger partial charge is 0.102 e. The number of aromatic amines is 1. The molecule has 0 aliphatic carbocycles. The Morgan fingerprint density at radius 3 is 2.89 bits per heavy atom. The van der Waals surface area contributed by atoms with Crippen molar-refractivity contribution in [1.29, 1.82) is 0 Å². The lowest BCUT2D eigenvalue weighted by Gasteiger charge is -2.32. The zero-order chi connectivity index (χ0) is 13.2. The van der Waals surface area contributed by atoms with E-state index in [-0.39, 0.29) is 6.67 Å². The van der Waals surface area contributed by atoms with Crippen LogP contribution in [0.1, 0.15) is 29.9 Å². The van der Waals surface area contributed by atoms with Crippen molar-refractivity contribution in [2.75, 3.05) is 26.3 Å². The molecule has 3 rings (SSSR count). The molecule has 0 bridgehead atoms. The molecule has 0 radical (unpaired) electrons. The molecule has 1 aliphatic rings. The number of aromatic nitrogens is 2. The monoisotopic (exact) mass is 261 g/mol. The molecule has 19 heavy (non-hydrogen) atoms. The topological polar surface area (TPSA) is 31.9 Å². The van der Waals surface area contributed by atoms with Crippen molar-refractivity contribution in [2.45, 2.75) is 25.7 Å². The van der Waals surface area contributed by atoms with E-state index in [0.29, 0.717) is 12.5 Å². The molecule has 2 heterocycles. The lowest BCUT2D eigenvalue weighted by atomic mass is 9.86. The Labute approximate surface area is 112 Å². The fraction of sp³-hybridized carbons (Fsp3) is 0.533. The summed E-state index contributed by atoms with van der Waals surface area (Å²) < 4.78 is 12.3. The fourth-order valence-corrected chi connectivity index (χ4v) is 3.15. The average molecular weight is 261 g/mol. The molecule has 0 saturated carbocycles. The summed E-state index contributed by atoms with van der Waals surface area (Å²) in [6, 6.07) is 4.45. The second-order valence-electron chi connectivity index (χ2n) is 5.47. The van der Waals surface area contributed by atoms with Crippen molar-refractivity contribution in [3.8, 4) is 0 Å². The summed E-state index contributed by atoms with van der Waals surface area (Å²) in [6.45, 7) is 4.55. The van der Waals surface area contributed by atoms with Crippen molar-refractivity contribution in [2.24, 2.45) is 0 Å². The molecule has 1 aromatic heterocycles. The van der Waals surface area contributed by atoms with Gasteiger partial charge in [-0.15, -0.1) is 0 Å². The summed E-state index contributed by atoms with van der Waals surface area (Å²) in [6.07, 6.45) is 4.12. The maximum Gasteiger partial charge on any atom is 0.102 e. The number of fused-ring (bicyclic) bond motifs is 1. The number of piperidine rings is 1. The van der Waals surface area contributed by atoms with Crippen LogP contribution in [-0.2, 0) is 0 Å². The van der Waals surface area contributed by atoms with Gasteiger partial charge < -0.3 is 4.90 Å². The van der Waals surface area contributed by atoms with Gasteiger partial charge in [-0.2, -0.15) is 5.10 Å². The molecule has 0 spiro atoms. The molecule has 2 aromatic rings. The molecule has 3 nitrogen and oxygen atoms in total. The van der Waals surface area contributed by atoms with Crippen LogP contribution in [0, 0.1) is 6.92 Å². The Morgan fingerprint density at radius 1 is 1.37 bits per heavy atom. The summed E-state index contributed by atoms with van der Waals surface area (Å²) in [5.74, 6) is 0.601. The lowest BCUT2D eigenvalue weighted by Crippen LogP contribution is -2.34. The Balaban J connectivity index is 1.79. The largest absolute Gasteiger partial charge is 0.301 e. The molecular weight excluding hydrogens is 241 g/mol. The minimum atomic E-state index is -0.232. The van der Waals surface area contributed by atoms with E-state index < -0.39 is 0 Å². The molecule has 1 aromatic carbocycles. The number of benzene rings is 1. The number of rotatable bonds is 3. The van der Waals surface area contributed by atoms with Crippen molar-refractivity contribution >= 4 is 10.9 Å². The number of H-pyrrole nitrogens is 1. The average Bonchev–Trinajstić information content (AvgIpc) is 2.86. The lowest BCUT2D eigenvalue weighted by molar-refractivity contribution is 0.197. The van der Waals surface area contributed by atoms with Gasteiger partial charge in [-0.3, -0.25) is 5.10 Å². The minimum absolute atomic E-state index is 0.232. The number of nitrogens with one attached hydrogen (secondary N) is 1. The normalized spacial score (nSPS) is 18.2. The van der Waals surface area contributed by atoms with E-state index >= 15 is 0 Å². The molecular formula is C15H20FN3. The molecule has 0 amide bonds. The molecule has 1 saturated heterocycles. The highest BCUT2D eigenvalue weighted by Gasteiger charge is 2.22. The zero-order valence-corrected chi connectivity index (χ0v) is 11.3.